The van der Waals surface area contributed by atoms with Crippen LogP contribution in [0, 0.1) is 0 Å². The molecule has 3 rings (SSSR count). The maximum absolute atomic E-state index is 9.59. The zero-order valence-electron chi connectivity index (χ0n) is 21.1. The molecule has 1 atom stereocenters. The van der Waals surface area contributed by atoms with E-state index in [0.717, 1.165) is 43.1 Å². The van der Waals surface area contributed by atoms with Gasteiger partial charge in [-0.3, -0.25) is 9.69 Å². The van der Waals surface area contributed by atoms with Gasteiger partial charge in [0.05, 0.1) is 21.3 Å². The van der Waals surface area contributed by atoms with Crippen molar-refractivity contribution in [2.24, 2.45) is 5.73 Å². The van der Waals surface area contributed by atoms with Gasteiger partial charge < -0.3 is 24.7 Å². The van der Waals surface area contributed by atoms with Gasteiger partial charge in [-0.1, -0.05) is 19.1 Å². The van der Waals surface area contributed by atoms with Gasteiger partial charge >= 0.3 is 0 Å². The molecular weight excluding hydrogens is 420 g/mol. The number of carbonyl (C=O) groups excluding carboxylic acids is 1. The van der Waals surface area contributed by atoms with E-state index >= 15 is 0 Å². The molecular formula is C26H40N2O5. The Morgan fingerprint density at radius 3 is 2.18 bits per heavy atom. The zero-order chi connectivity index (χ0) is 24.8. The fourth-order valence-electron chi connectivity index (χ4n) is 3.66. The summed E-state index contributed by atoms with van der Waals surface area (Å²) in [7, 11) is 10.6. The number of primary amides is 1. The fraction of sp³-hybridized carbons (Fsp3) is 0.500. The van der Waals surface area contributed by atoms with Crippen LogP contribution >= 0.6 is 0 Å². The zero-order valence-corrected chi connectivity index (χ0v) is 21.1. The fourth-order valence-corrected chi connectivity index (χ4v) is 3.66. The Balaban J connectivity index is 0.000000591. The van der Waals surface area contributed by atoms with Crippen LogP contribution in [0.25, 0.3) is 0 Å². The number of methoxy groups -OCH3 is 4. The number of fused-ring (bicyclic) bond motifs is 1. The predicted molar refractivity (Wildman–Crippen MR) is 132 cm³/mol. The maximum Gasteiger partial charge on any atom is 0.217 e. The van der Waals surface area contributed by atoms with Crippen molar-refractivity contribution < 1.29 is 23.7 Å². The second-order valence-electron chi connectivity index (χ2n) is 7.79. The van der Waals surface area contributed by atoms with Gasteiger partial charge in [0.2, 0.25) is 5.91 Å². The molecule has 7 heteroatoms. The lowest BCUT2D eigenvalue weighted by Gasteiger charge is -2.28. The number of hydrogen-bond acceptors (Lipinski definition) is 6. The molecule has 1 aliphatic heterocycles. The summed E-state index contributed by atoms with van der Waals surface area (Å²) in [4.78, 5) is 12.0. The third-order valence-corrected chi connectivity index (χ3v) is 5.41. The third-order valence-electron chi connectivity index (χ3n) is 5.41. The third kappa shape index (κ3) is 8.94. The molecule has 0 spiro atoms. The number of amides is 1. The number of benzene rings is 2. The number of aryl methyl sites for hydroxylation is 1. The van der Waals surface area contributed by atoms with Crippen molar-refractivity contribution in [1.82, 2.24) is 4.90 Å². The first-order chi connectivity index (χ1) is 15.8. The van der Waals surface area contributed by atoms with Crippen molar-refractivity contribution in [3.63, 3.8) is 0 Å². The number of hydrogen-bond donors (Lipinski definition) is 1. The Bertz CT molecular complexity index is 857. The summed E-state index contributed by atoms with van der Waals surface area (Å²) >= 11 is 0. The summed E-state index contributed by atoms with van der Waals surface area (Å²) < 4.78 is 20.7. The first-order valence-corrected chi connectivity index (χ1v) is 11.1. The highest BCUT2D eigenvalue weighted by Crippen LogP contribution is 2.38. The van der Waals surface area contributed by atoms with E-state index in [-0.39, 0.29) is 5.91 Å². The van der Waals surface area contributed by atoms with Crippen molar-refractivity contribution in [2.45, 2.75) is 38.6 Å². The second-order valence-corrected chi connectivity index (χ2v) is 7.79. The normalized spacial score (nSPS) is 14.9. The summed E-state index contributed by atoms with van der Waals surface area (Å²) in [6.45, 7) is 2.80. The molecule has 1 aliphatic rings. The Morgan fingerprint density at radius 1 is 1.03 bits per heavy atom. The number of ether oxygens (including phenoxy) is 4. The molecule has 2 aromatic carbocycles. The van der Waals surface area contributed by atoms with Crippen LogP contribution in [0.5, 0.6) is 17.2 Å². The largest absolute Gasteiger partial charge is 0.497 e. The summed E-state index contributed by atoms with van der Waals surface area (Å²) in [5, 5.41) is 0. The van der Waals surface area contributed by atoms with Crippen molar-refractivity contribution >= 4 is 5.91 Å². The molecule has 1 heterocycles. The molecule has 1 amide bonds. The van der Waals surface area contributed by atoms with E-state index in [1.165, 1.54) is 16.7 Å². The summed E-state index contributed by atoms with van der Waals surface area (Å²) in [5.41, 5.74) is 8.62. The lowest BCUT2D eigenvalue weighted by molar-refractivity contribution is -0.117. The van der Waals surface area contributed by atoms with Gasteiger partial charge in [-0.05, 0) is 73.8 Å². The summed E-state index contributed by atoms with van der Waals surface area (Å²) in [6, 6.07) is 12.9. The quantitative estimate of drug-likeness (QED) is 0.701. The van der Waals surface area contributed by atoms with Crippen molar-refractivity contribution in [2.75, 3.05) is 49.1 Å². The van der Waals surface area contributed by atoms with E-state index < -0.39 is 0 Å². The van der Waals surface area contributed by atoms with Crippen LogP contribution in [0.4, 0.5) is 0 Å². The molecule has 33 heavy (non-hydrogen) atoms. The monoisotopic (exact) mass is 460 g/mol. The minimum atomic E-state index is -0.245. The van der Waals surface area contributed by atoms with Crippen molar-refractivity contribution in [3.05, 3.63) is 53.1 Å². The summed E-state index contributed by atoms with van der Waals surface area (Å²) in [6.07, 6.45) is 3.60. The molecule has 0 aromatic heterocycles. The Kier molecular flexibility index (Phi) is 13.0. The van der Waals surface area contributed by atoms with E-state index in [1.807, 2.05) is 6.07 Å². The molecule has 0 saturated heterocycles. The minimum Gasteiger partial charge on any atom is -0.497 e. The number of nitrogens with zero attached hydrogens (tertiary/aromatic N) is 1. The maximum atomic E-state index is 9.59. The van der Waals surface area contributed by atoms with Gasteiger partial charge in [-0.15, -0.1) is 0 Å². The number of nitrogens with two attached hydrogens (primary N) is 1. The highest BCUT2D eigenvalue weighted by molar-refractivity contribution is 5.73. The highest BCUT2D eigenvalue weighted by atomic mass is 16.5. The molecule has 0 unspecified atom stereocenters. The van der Waals surface area contributed by atoms with Crippen LogP contribution < -0.4 is 19.9 Å². The molecule has 7 nitrogen and oxygen atoms in total. The molecule has 0 fully saturated rings. The Morgan fingerprint density at radius 2 is 1.64 bits per heavy atom. The lowest BCUT2D eigenvalue weighted by Crippen LogP contribution is -2.26. The molecule has 184 valence electrons. The van der Waals surface area contributed by atoms with Crippen LogP contribution in [-0.4, -0.2) is 59.9 Å². The predicted octanol–water partition coefficient (Wildman–Crippen LogP) is 4.02. The topological polar surface area (TPSA) is 83.3 Å². The van der Waals surface area contributed by atoms with Gasteiger partial charge in [0.1, 0.15) is 5.75 Å². The van der Waals surface area contributed by atoms with Crippen molar-refractivity contribution in [3.8, 4) is 17.2 Å². The van der Waals surface area contributed by atoms with Crippen LogP contribution in [-0.2, 0) is 22.4 Å². The molecule has 0 radical (unpaired) electrons. The SMILES string of the molecule is CCC(N)=O.COC.COc1cccc(C[C@@H]2c3cc(OC)c(OC)cc3CCCN2C)c1. The first kappa shape index (κ1) is 28.3. The van der Waals surface area contributed by atoms with Crippen molar-refractivity contribution in [1.29, 1.82) is 0 Å². The number of rotatable bonds is 6. The minimum absolute atomic E-state index is 0.245. The molecule has 2 aromatic rings. The van der Waals surface area contributed by atoms with Crippen LogP contribution in [0.1, 0.15) is 42.5 Å². The van der Waals surface area contributed by atoms with Gasteiger partial charge in [0, 0.05) is 26.7 Å². The average molecular weight is 461 g/mol. The Labute approximate surface area is 198 Å². The van der Waals surface area contributed by atoms with E-state index in [1.54, 1.807) is 42.5 Å². The van der Waals surface area contributed by atoms with Gasteiger partial charge in [0.25, 0.3) is 0 Å². The first-order valence-electron chi connectivity index (χ1n) is 11.1. The lowest BCUT2D eigenvalue weighted by atomic mass is 9.93. The number of likely N-dealkylation sites (N-methyl/N-ethyl adjacent to an activating group) is 1. The smallest absolute Gasteiger partial charge is 0.217 e. The van der Waals surface area contributed by atoms with Gasteiger partial charge in [-0.2, -0.15) is 0 Å². The molecule has 0 saturated carbocycles. The van der Waals surface area contributed by atoms with Crippen LogP contribution in [0.3, 0.4) is 0 Å². The Hall–Kier alpha value is -2.77. The van der Waals surface area contributed by atoms with Gasteiger partial charge in [0.15, 0.2) is 11.5 Å². The molecule has 2 N–H and O–H groups in total. The number of carbonyl (C=O) groups is 1. The van der Waals surface area contributed by atoms with Crippen LogP contribution in [0.15, 0.2) is 36.4 Å². The average Bonchev–Trinajstić information content (AvgIpc) is 2.97. The van der Waals surface area contributed by atoms with E-state index in [0.29, 0.717) is 12.5 Å². The standard InChI is InChI=1S/C21H27NO3.C3H7NO.C2H6O/c1-22-10-6-8-16-13-20(24-3)21(25-4)14-18(16)19(22)12-15-7-5-9-17(11-15)23-2;1-2-3(4)5;1-3-2/h5,7,9,11,13-14,19H,6,8,10,12H2,1-4H3;2H2,1H3,(H2,4,5);1-2H3/t19-;;/m1../s1. The van der Waals surface area contributed by atoms with E-state index in [9.17, 15) is 4.79 Å². The highest BCUT2D eigenvalue weighted by Gasteiger charge is 2.25. The summed E-state index contributed by atoms with van der Waals surface area (Å²) in [5.74, 6) is 2.27. The second kappa shape index (κ2) is 15.1. The van der Waals surface area contributed by atoms with Gasteiger partial charge in [-0.25, -0.2) is 0 Å². The van der Waals surface area contributed by atoms with Crippen LogP contribution in [0.2, 0.25) is 0 Å². The van der Waals surface area contributed by atoms with E-state index in [2.05, 4.69) is 52.7 Å². The molecule has 0 bridgehead atoms. The molecule has 0 aliphatic carbocycles. The van der Waals surface area contributed by atoms with E-state index in [4.69, 9.17) is 14.2 Å².